The molecule has 3 rings (SSSR count). The molecule has 0 fully saturated rings. The van der Waals surface area contributed by atoms with E-state index in [0.29, 0.717) is 17.9 Å². The second kappa shape index (κ2) is 8.84. The highest BCUT2D eigenvalue weighted by Crippen LogP contribution is 2.21. The fourth-order valence-corrected chi connectivity index (χ4v) is 4.07. The van der Waals surface area contributed by atoms with Crippen LogP contribution in [0.2, 0.25) is 5.02 Å². The lowest BCUT2D eigenvalue weighted by atomic mass is 9.94. The maximum atomic E-state index is 13.0. The molecule has 146 valence electrons. The first-order chi connectivity index (χ1) is 13.3. The Hall–Kier alpha value is -2.24. The smallest absolute Gasteiger partial charge is 0.226 e. The van der Waals surface area contributed by atoms with Gasteiger partial charge in [0, 0.05) is 22.4 Å². The Labute approximate surface area is 173 Å². The van der Waals surface area contributed by atoms with Crippen molar-refractivity contribution in [3.8, 4) is 0 Å². The molecule has 0 saturated heterocycles. The van der Waals surface area contributed by atoms with Crippen LogP contribution in [0.15, 0.2) is 53.9 Å². The third kappa shape index (κ3) is 5.88. The van der Waals surface area contributed by atoms with Crippen LogP contribution in [0.3, 0.4) is 0 Å². The first kappa shape index (κ1) is 20.5. The molecule has 3 aromatic rings. The van der Waals surface area contributed by atoms with Gasteiger partial charge in [-0.05, 0) is 49.6 Å². The number of rotatable bonds is 7. The molecule has 0 unspecified atom stereocenters. The van der Waals surface area contributed by atoms with E-state index in [1.807, 2.05) is 43.5 Å². The number of amides is 1. The van der Waals surface area contributed by atoms with Crippen molar-refractivity contribution < 1.29 is 9.18 Å². The van der Waals surface area contributed by atoms with Crippen LogP contribution in [0.5, 0.6) is 0 Å². The highest BCUT2D eigenvalue weighted by atomic mass is 35.5. The summed E-state index contributed by atoms with van der Waals surface area (Å²) in [5.41, 5.74) is 2.32. The maximum absolute atomic E-state index is 13.0. The van der Waals surface area contributed by atoms with Crippen molar-refractivity contribution in [1.82, 2.24) is 10.3 Å². The van der Waals surface area contributed by atoms with E-state index in [2.05, 4.69) is 10.3 Å². The van der Waals surface area contributed by atoms with Crippen molar-refractivity contribution in [2.75, 3.05) is 0 Å². The molecule has 0 atom stereocenters. The van der Waals surface area contributed by atoms with Gasteiger partial charge in [-0.2, -0.15) is 0 Å². The van der Waals surface area contributed by atoms with Crippen molar-refractivity contribution >= 4 is 28.8 Å². The van der Waals surface area contributed by atoms with Crippen LogP contribution in [0.4, 0.5) is 4.39 Å². The first-order valence-electron chi connectivity index (χ1n) is 9.03. The molecule has 0 radical (unpaired) electrons. The molecule has 3 nitrogen and oxygen atoms in total. The molecule has 0 aliphatic carbocycles. The maximum Gasteiger partial charge on any atom is 0.226 e. The number of halogens is 2. The summed E-state index contributed by atoms with van der Waals surface area (Å²) in [6.07, 6.45) is 1.50. The predicted molar refractivity (Wildman–Crippen MR) is 112 cm³/mol. The van der Waals surface area contributed by atoms with Gasteiger partial charge in [-0.1, -0.05) is 41.9 Å². The summed E-state index contributed by atoms with van der Waals surface area (Å²) in [6, 6.07) is 14.0. The van der Waals surface area contributed by atoms with Crippen LogP contribution in [0, 0.1) is 5.82 Å². The monoisotopic (exact) mass is 416 g/mol. The van der Waals surface area contributed by atoms with Crippen LogP contribution in [0.1, 0.15) is 35.7 Å². The Morgan fingerprint density at radius 1 is 1.18 bits per heavy atom. The van der Waals surface area contributed by atoms with E-state index in [1.165, 1.54) is 23.5 Å². The third-order valence-corrected chi connectivity index (χ3v) is 5.54. The van der Waals surface area contributed by atoms with E-state index >= 15 is 0 Å². The fraction of sp³-hybridized carbons (Fsp3) is 0.273. The molecular formula is C22H22ClFN2OS. The van der Waals surface area contributed by atoms with Gasteiger partial charge in [-0.15, -0.1) is 11.3 Å². The number of carbonyl (C=O) groups excluding carboxylic acids is 1. The standard InChI is InChI=1S/C22H22ClFN2OS/c1-22(2,13-16-5-3-4-6-19(16)23)26-20(27)12-18-14-28-21(25-18)11-15-7-9-17(24)10-8-15/h3-10,14H,11-13H2,1-2H3,(H,26,27). The zero-order chi connectivity index (χ0) is 20.1. The Kier molecular flexibility index (Phi) is 6.47. The SMILES string of the molecule is CC(C)(Cc1ccccc1Cl)NC(=O)Cc1csc(Cc2ccc(F)cc2)n1. The average Bonchev–Trinajstić information content (AvgIpc) is 3.05. The summed E-state index contributed by atoms with van der Waals surface area (Å²) in [5.74, 6) is -0.324. The van der Waals surface area contributed by atoms with Gasteiger partial charge in [0.15, 0.2) is 0 Å². The Morgan fingerprint density at radius 3 is 2.61 bits per heavy atom. The van der Waals surface area contributed by atoms with Gasteiger partial charge in [0.2, 0.25) is 5.91 Å². The van der Waals surface area contributed by atoms with Gasteiger partial charge in [-0.25, -0.2) is 9.37 Å². The molecule has 6 heteroatoms. The molecule has 0 saturated carbocycles. The minimum Gasteiger partial charge on any atom is -0.351 e. The van der Waals surface area contributed by atoms with Gasteiger partial charge in [0.1, 0.15) is 5.82 Å². The van der Waals surface area contributed by atoms with Gasteiger partial charge in [-0.3, -0.25) is 4.79 Å². The van der Waals surface area contributed by atoms with Crippen molar-refractivity contribution in [2.24, 2.45) is 0 Å². The summed E-state index contributed by atoms with van der Waals surface area (Å²) >= 11 is 7.74. The Morgan fingerprint density at radius 2 is 1.89 bits per heavy atom. The average molecular weight is 417 g/mol. The Bertz CT molecular complexity index is 953. The molecule has 28 heavy (non-hydrogen) atoms. The van der Waals surface area contributed by atoms with Crippen LogP contribution >= 0.6 is 22.9 Å². The van der Waals surface area contributed by atoms with Gasteiger partial charge < -0.3 is 5.32 Å². The second-order valence-electron chi connectivity index (χ2n) is 7.41. The Balaban J connectivity index is 1.56. The number of thiazole rings is 1. The van der Waals surface area contributed by atoms with Crippen molar-refractivity contribution in [3.63, 3.8) is 0 Å². The number of hydrogen-bond donors (Lipinski definition) is 1. The number of nitrogens with one attached hydrogen (secondary N) is 1. The molecule has 2 aromatic carbocycles. The number of nitrogens with zero attached hydrogens (tertiary/aromatic N) is 1. The molecular weight excluding hydrogens is 395 g/mol. The van der Waals surface area contributed by atoms with Crippen molar-refractivity contribution in [2.45, 2.75) is 38.6 Å². The molecule has 1 N–H and O–H groups in total. The predicted octanol–water partition coefficient (Wildman–Crippen LogP) is 5.21. The second-order valence-corrected chi connectivity index (χ2v) is 8.76. The first-order valence-corrected chi connectivity index (χ1v) is 10.3. The highest BCUT2D eigenvalue weighted by molar-refractivity contribution is 7.09. The fourth-order valence-electron chi connectivity index (χ4n) is 3.04. The zero-order valence-corrected chi connectivity index (χ0v) is 17.4. The molecule has 0 aliphatic rings. The van der Waals surface area contributed by atoms with Crippen molar-refractivity contribution in [3.05, 3.63) is 86.6 Å². The zero-order valence-electron chi connectivity index (χ0n) is 15.8. The summed E-state index contributed by atoms with van der Waals surface area (Å²) < 4.78 is 13.0. The topological polar surface area (TPSA) is 42.0 Å². The summed E-state index contributed by atoms with van der Waals surface area (Å²) in [6.45, 7) is 3.96. The molecule has 0 spiro atoms. The largest absolute Gasteiger partial charge is 0.351 e. The van der Waals surface area contributed by atoms with Crippen molar-refractivity contribution in [1.29, 1.82) is 0 Å². The van der Waals surface area contributed by atoms with Gasteiger partial charge in [0.05, 0.1) is 17.1 Å². The number of carbonyl (C=O) groups is 1. The van der Waals surface area contributed by atoms with E-state index in [9.17, 15) is 9.18 Å². The third-order valence-electron chi connectivity index (χ3n) is 4.28. The van der Waals surface area contributed by atoms with Crippen LogP contribution in [-0.2, 0) is 24.1 Å². The van der Waals surface area contributed by atoms with Gasteiger partial charge in [0.25, 0.3) is 0 Å². The van der Waals surface area contributed by atoms with E-state index in [4.69, 9.17) is 11.6 Å². The van der Waals surface area contributed by atoms with Gasteiger partial charge >= 0.3 is 0 Å². The van der Waals surface area contributed by atoms with Crippen LogP contribution < -0.4 is 5.32 Å². The molecule has 0 bridgehead atoms. The number of benzene rings is 2. The quantitative estimate of drug-likeness (QED) is 0.574. The lowest BCUT2D eigenvalue weighted by Gasteiger charge is -2.26. The summed E-state index contributed by atoms with van der Waals surface area (Å²) in [4.78, 5) is 17.0. The minimum atomic E-state index is -0.422. The van der Waals surface area contributed by atoms with E-state index < -0.39 is 5.54 Å². The number of hydrogen-bond acceptors (Lipinski definition) is 3. The van der Waals surface area contributed by atoms with E-state index in [-0.39, 0.29) is 18.1 Å². The van der Waals surface area contributed by atoms with E-state index in [0.717, 1.165) is 21.8 Å². The lowest BCUT2D eigenvalue weighted by Crippen LogP contribution is -2.45. The molecule has 0 aliphatic heterocycles. The summed E-state index contributed by atoms with van der Waals surface area (Å²) in [5, 5.41) is 6.58. The van der Waals surface area contributed by atoms with Crippen LogP contribution in [-0.4, -0.2) is 16.4 Å². The molecule has 1 heterocycles. The van der Waals surface area contributed by atoms with E-state index in [1.54, 1.807) is 12.1 Å². The normalized spacial score (nSPS) is 11.4. The molecule has 1 aromatic heterocycles. The highest BCUT2D eigenvalue weighted by Gasteiger charge is 2.22. The summed E-state index contributed by atoms with van der Waals surface area (Å²) in [7, 11) is 0. The van der Waals surface area contributed by atoms with Crippen LogP contribution in [0.25, 0.3) is 0 Å². The lowest BCUT2D eigenvalue weighted by molar-refractivity contribution is -0.122. The minimum absolute atomic E-state index is 0.0734. The molecule has 1 amide bonds. The number of aromatic nitrogens is 1.